The monoisotopic (exact) mass is 107 g/mol. The molecule has 43 valence electrons. The van der Waals surface area contributed by atoms with Gasteiger partial charge in [0, 0.05) is 0 Å². The summed E-state index contributed by atoms with van der Waals surface area (Å²) in [5.74, 6) is 4.52. The molecule has 8 heavy (non-hydrogen) atoms. The summed E-state index contributed by atoms with van der Waals surface area (Å²) in [7, 11) is 0. The van der Waals surface area contributed by atoms with E-state index >= 15 is 0 Å². The molecule has 0 aromatic heterocycles. The van der Waals surface area contributed by atoms with E-state index in [-0.39, 0.29) is 0 Å². The van der Waals surface area contributed by atoms with Gasteiger partial charge in [0.1, 0.15) is 0 Å². The summed E-state index contributed by atoms with van der Waals surface area (Å²) < 4.78 is 0. The quantitative estimate of drug-likeness (QED) is 0.443. The van der Waals surface area contributed by atoms with E-state index in [0.29, 0.717) is 0 Å². The minimum atomic E-state index is 1.10. The molecule has 0 saturated heterocycles. The van der Waals surface area contributed by atoms with Gasteiger partial charge in [-0.2, -0.15) is 0 Å². The first kappa shape index (κ1) is 3.92. The molecule has 0 heteroatoms. The summed E-state index contributed by atoms with van der Waals surface area (Å²) in [5, 5.41) is 0. The Hall–Kier alpha value is 0. The Kier molecular flexibility index (Phi) is 0.482. The van der Waals surface area contributed by atoms with Crippen molar-refractivity contribution >= 4 is 0 Å². The third kappa shape index (κ3) is 0.375. The largest absolute Gasteiger partial charge is 0.0470 e. The van der Waals surface area contributed by atoms with Crippen LogP contribution in [0.3, 0.4) is 0 Å². The molecule has 0 N–H and O–H groups in total. The van der Waals surface area contributed by atoms with Crippen LogP contribution < -0.4 is 0 Å². The van der Waals surface area contributed by atoms with E-state index < -0.39 is 0 Å². The maximum absolute atomic E-state index is 2.62. The minimum absolute atomic E-state index is 1.10. The van der Waals surface area contributed by atoms with Crippen molar-refractivity contribution in [2.45, 2.75) is 19.3 Å². The van der Waals surface area contributed by atoms with Crippen LogP contribution in [0.25, 0.3) is 0 Å². The van der Waals surface area contributed by atoms with Gasteiger partial charge in [0.05, 0.1) is 0 Å². The van der Waals surface area contributed by atoms with Crippen molar-refractivity contribution in [3.8, 4) is 0 Å². The molecule has 3 rings (SSSR count). The lowest BCUT2D eigenvalue weighted by Gasteiger charge is -2.04. The number of fused-ring (bicyclic) bond motifs is 2. The molecule has 1 radical (unpaired) electrons. The standard InChI is InChI=1S/C8H11/c1-5-3-7-2-8(7)4-6(1)5/h3,5-8H,1-2,4H2. The molecule has 0 nitrogen and oxygen atoms in total. The van der Waals surface area contributed by atoms with Gasteiger partial charge in [-0.3, -0.25) is 0 Å². The van der Waals surface area contributed by atoms with E-state index in [9.17, 15) is 0 Å². The lowest BCUT2D eigenvalue weighted by atomic mass is 10.0. The van der Waals surface area contributed by atoms with Crippen LogP contribution in [0.15, 0.2) is 0 Å². The summed E-state index contributed by atoms with van der Waals surface area (Å²) in [5.41, 5.74) is 0. The van der Waals surface area contributed by atoms with Crippen molar-refractivity contribution in [1.29, 1.82) is 0 Å². The molecule has 0 spiro atoms. The van der Waals surface area contributed by atoms with Crippen LogP contribution in [0.1, 0.15) is 19.3 Å². The minimum Gasteiger partial charge on any atom is -0.0470 e. The molecule has 0 aromatic carbocycles. The van der Waals surface area contributed by atoms with Crippen LogP contribution in [0.2, 0.25) is 0 Å². The highest BCUT2D eigenvalue weighted by Gasteiger charge is 2.53. The zero-order valence-corrected chi connectivity index (χ0v) is 5.01. The summed E-state index contributed by atoms with van der Waals surface area (Å²) in [6.07, 6.45) is 7.31. The highest BCUT2D eigenvalue weighted by atomic mass is 14.6. The van der Waals surface area contributed by atoms with Crippen molar-refractivity contribution in [2.24, 2.45) is 23.7 Å². The predicted molar refractivity (Wildman–Crippen MR) is 32.1 cm³/mol. The van der Waals surface area contributed by atoms with E-state index in [4.69, 9.17) is 0 Å². The molecular weight excluding hydrogens is 96.1 g/mol. The van der Waals surface area contributed by atoms with Gasteiger partial charge in [0.15, 0.2) is 0 Å². The van der Waals surface area contributed by atoms with Crippen LogP contribution >= 0.6 is 0 Å². The molecule has 0 aromatic rings. The van der Waals surface area contributed by atoms with E-state index in [0.717, 1.165) is 11.8 Å². The van der Waals surface area contributed by atoms with Gasteiger partial charge in [-0.15, -0.1) is 0 Å². The maximum atomic E-state index is 2.62. The first-order valence-electron chi connectivity index (χ1n) is 3.78. The highest BCUT2D eigenvalue weighted by molar-refractivity contribution is 5.12. The van der Waals surface area contributed by atoms with Crippen molar-refractivity contribution in [2.75, 3.05) is 0 Å². The van der Waals surface area contributed by atoms with Gasteiger partial charge >= 0.3 is 0 Å². The van der Waals surface area contributed by atoms with Gasteiger partial charge in [-0.1, -0.05) is 0 Å². The Bertz CT molecular complexity index is 100. The van der Waals surface area contributed by atoms with E-state index in [2.05, 4.69) is 6.42 Å². The Morgan fingerprint density at radius 3 is 2.00 bits per heavy atom. The third-order valence-electron chi connectivity index (χ3n) is 3.05. The average Bonchev–Trinajstić information content (AvgIpc) is 2.45. The number of rotatable bonds is 0. The van der Waals surface area contributed by atoms with Gasteiger partial charge in [-0.05, 0) is 49.4 Å². The van der Waals surface area contributed by atoms with Crippen molar-refractivity contribution in [1.82, 2.24) is 0 Å². The average molecular weight is 107 g/mol. The summed E-state index contributed by atoms with van der Waals surface area (Å²) in [4.78, 5) is 0. The SMILES string of the molecule is [CH]1C2CC2CC2CC12. The molecule has 3 saturated carbocycles. The Balaban J connectivity index is 1.85. The molecule has 0 bridgehead atoms. The molecule has 0 amide bonds. The lowest BCUT2D eigenvalue weighted by molar-refractivity contribution is 0.537. The van der Waals surface area contributed by atoms with Crippen LogP contribution in [0.4, 0.5) is 0 Å². The zero-order valence-electron chi connectivity index (χ0n) is 5.01. The van der Waals surface area contributed by atoms with Crippen LogP contribution in [-0.2, 0) is 0 Å². The van der Waals surface area contributed by atoms with Crippen molar-refractivity contribution in [3.05, 3.63) is 6.42 Å². The number of hydrogen-bond donors (Lipinski definition) is 0. The number of hydrogen-bond acceptors (Lipinski definition) is 0. The fraction of sp³-hybridized carbons (Fsp3) is 0.875. The molecule has 3 aliphatic carbocycles. The normalized spacial score (nSPS) is 66.0. The maximum Gasteiger partial charge on any atom is -0.0318 e. The van der Waals surface area contributed by atoms with Gasteiger partial charge in [0.25, 0.3) is 0 Å². The summed E-state index contributed by atoms with van der Waals surface area (Å²) in [6, 6.07) is 0. The Morgan fingerprint density at radius 1 is 0.875 bits per heavy atom. The zero-order chi connectivity index (χ0) is 5.14. The first-order valence-corrected chi connectivity index (χ1v) is 3.78. The second-order valence-electron chi connectivity index (χ2n) is 3.75. The molecule has 0 heterocycles. The van der Waals surface area contributed by atoms with Crippen molar-refractivity contribution in [3.63, 3.8) is 0 Å². The molecular formula is C8H11. The molecule has 4 atom stereocenters. The molecule has 0 aliphatic heterocycles. The van der Waals surface area contributed by atoms with Crippen LogP contribution in [0, 0.1) is 30.1 Å². The van der Waals surface area contributed by atoms with Gasteiger partial charge in [0.2, 0.25) is 0 Å². The summed E-state index contributed by atoms with van der Waals surface area (Å²) >= 11 is 0. The second kappa shape index (κ2) is 0.984. The van der Waals surface area contributed by atoms with Crippen LogP contribution in [-0.4, -0.2) is 0 Å². The third-order valence-corrected chi connectivity index (χ3v) is 3.05. The van der Waals surface area contributed by atoms with E-state index in [1.54, 1.807) is 19.3 Å². The first-order chi connectivity index (χ1) is 3.93. The van der Waals surface area contributed by atoms with Crippen LogP contribution in [0.5, 0.6) is 0 Å². The Labute approximate surface area is 50.3 Å². The lowest BCUT2D eigenvalue weighted by Crippen LogP contribution is -1.96. The van der Waals surface area contributed by atoms with E-state index in [1.807, 2.05) is 0 Å². The second-order valence-corrected chi connectivity index (χ2v) is 3.75. The molecule has 4 unspecified atom stereocenters. The molecule has 3 aliphatic rings. The fourth-order valence-electron chi connectivity index (χ4n) is 2.26. The van der Waals surface area contributed by atoms with Gasteiger partial charge < -0.3 is 0 Å². The molecule has 3 fully saturated rings. The predicted octanol–water partition coefficient (Wildman–Crippen LogP) is 1.87. The topological polar surface area (TPSA) is 0 Å². The highest BCUT2D eigenvalue weighted by Crippen LogP contribution is 2.62. The smallest absolute Gasteiger partial charge is 0.0318 e. The van der Waals surface area contributed by atoms with Gasteiger partial charge in [-0.25, -0.2) is 0 Å². The fourth-order valence-corrected chi connectivity index (χ4v) is 2.26. The summed E-state index contributed by atoms with van der Waals surface area (Å²) in [6.45, 7) is 0. The Morgan fingerprint density at radius 2 is 1.50 bits per heavy atom. The van der Waals surface area contributed by atoms with Crippen molar-refractivity contribution < 1.29 is 0 Å². The van der Waals surface area contributed by atoms with E-state index in [1.165, 1.54) is 11.8 Å².